The van der Waals surface area contributed by atoms with Crippen LogP contribution in [-0.2, 0) is 6.42 Å². The summed E-state index contributed by atoms with van der Waals surface area (Å²) in [6.07, 6.45) is 1.65. The van der Waals surface area contributed by atoms with Gasteiger partial charge in [-0.05, 0) is 30.7 Å². The van der Waals surface area contributed by atoms with Crippen molar-refractivity contribution in [1.82, 2.24) is 4.98 Å². The molecule has 1 aromatic carbocycles. The van der Waals surface area contributed by atoms with Crippen LogP contribution >= 0.6 is 23.2 Å². The zero-order valence-electron chi connectivity index (χ0n) is 11.7. The number of anilines is 1. The van der Waals surface area contributed by atoms with Crippen LogP contribution in [0.2, 0.25) is 10.0 Å². The first-order valence-corrected chi connectivity index (χ1v) is 7.14. The molecule has 1 atom stereocenters. The van der Waals surface area contributed by atoms with Crippen molar-refractivity contribution in [3.63, 3.8) is 0 Å². The van der Waals surface area contributed by atoms with Gasteiger partial charge in [0.2, 0.25) is 0 Å². The van der Waals surface area contributed by atoms with E-state index >= 15 is 0 Å². The molecular weight excluding hydrogens is 327 g/mol. The molecule has 0 aliphatic rings. The Bertz CT molecular complexity index is 690. The van der Waals surface area contributed by atoms with Crippen molar-refractivity contribution in [2.75, 3.05) is 5.32 Å². The van der Waals surface area contributed by atoms with Gasteiger partial charge in [0.25, 0.3) is 5.69 Å². The lowest BCUT2D eigenvalue weighted by molar-refractivity contribution is -0.385. The van der Waals surface area contributed by atoms with E-state index in [-0.39, 0.29) is 5.69 Å². The number of nitrogens with one attached hydrogen (secondary N) is 1. The monoisotopic (exact) mass is 340 g/mol. The van der Waals surface area contributed by atoms with Gasteiger partial charge in [-0.3, -0.25) is 10.1 Å². The Morgan fingerprint density at radius 2 is 2.05 bits per heavy atom. The normalized spacial score (nSPS) is 13.5. The predicted octanol–water partition coefficient (Wildman–Crippen LogP) is 3.63. The second kappa shape index (κ2) is 6.48. The number of hydrogen-bond acceptors (Lipinski definition) is 5. The van der Waals surface area contributed by atoms with Crippen LogP contribution < -0.4 is 11.1 Å². The maximum Gasteiger partial charge on any atom is 0.287 e. The van der Waals surface area contributed by atoms with Gasteiger partial charge in [0, 0.05) is 12.5 Å². The summed E-state index contributed by atoms with van der Waals surface area (Å²) in [6.45, 7) is 1.79. The summed E-state index contributed by atoms with van der Waals surface area (Å²) in [5.41, 5.74) is 6.24. The first-order chi connectivity index (χ1) is 10.3. The molecule has 3 N–H and O–H groups in total. The number of nitro groups is 1. The van der Waals surface area contributed by atoms with E-state index < -0.39 is 10.6 Å². The van der Waals surface area contributed by atoms with Gasteiger partial charge >= 0.3 is 0 Å². The molecular formula is C14H14Cl2N4O2. The highest BCUT2D eigenvalue weighted by Gasteiger charge is 2.20. The molecule has 1 unspecified atom stereocenters. The fourth-order valence-electron chi connectivity index (χ4n) is 1.98. The van der Waals surface area contributed by atoms with Gasteiger partial charge in [0.05, 0.1) is 20.6 Å². The quantitative estimate of drug-likeness (QED) is 0.492. The number of rotatable bonds is 5. The molecule has 116 valence electrons. The lowest BCUT2D eigenvalue weighted by atomic mass is 10.0. The Balaban J connectivity index is 2.09. The summed E-state index contributed by atoms with van der Waals surface area (Å²) in [4.78, 5) is 14.1. The maximum atomic E-state index is 10.6. The molecule has 8 heteroatoms. The Morgan fingerprint density at radius 1 is 1.32 bits per heavy atom. The summed E-state index contributed by atoms with van der Waals surface area (Å²) < 4.78 is 0. The van der Waals surface area contributed by atoms with Crippen LogP contribution in [0, 0.1) is 10.1 Å². The molecule has 2 rings (SSSR count). The lowest BCUT2D eigenvalue weighted by Gasteiger charge is -2.27. The highest BCUT2D eigenvalue weighted by Crippen LogP contribution is 2.24. The molecule has 0 aliphatic heterocycles. The Morgan fingerprint density at radius 3 is 2.59 bits per heavy atom. The zero-order chi connectivity index (χ0) is 16.3. The van der Waals surface area contributed by atoms with Crippen LogP contribution in [0.5, 0.6) is 0 Å². The second-order valence-electron chi connectivity index (χ2n) is 5.13. The first kappa shape index (κ1) is 16.5. The Labute approximate surface area is 137 Å². The minimum Gasteiger partial charge on any atom is -0.352 e. The zero-order valence-corrected chi connectivity index (χ0v) is 13.2. The van der Waals surface area contributed by atoms with Crippen LogP contribution in [0.1, 0.15) is 12.5 Å². The third-order valence-electron chi connectivity index (χ3n) is 2.93. The molecule has 6 nitrogen and oxygen atoms in total. The van der Waals surface area contributed by atoms with Crippen LogP contribution in [0.4, 0.5) is 11.5 Å². The van der Waals surface area contributed by atoms with Crippen LogP contribution in [0.15, 0.2) is 36.5 Å². The summed E-state index contributed by atoms with van der Waals surface area (Å²) >= 11 is 11.9. The van der Waals surface area contributed by atoms with E-state index in [1.54, 1.807) is 19.1 Å². The van der Waals surface area contributed by atoms with Crippen molar-refractivity contribution in [2.24, 2.45) is 5.73 Å². The van der Waals surface area contributed by atoms with Crippen LogP contribution in [0.25, 0.3) is 0 Å². The van der Waals surface area contributed by atoms with Crippen molar-refractivity contribution < 1.29 is 4.92 Å². The number of nitrogens with two attached hydrogens (primary N) is 1. The van der Waals surface area contributed by atoms with Crippen molar-refractivity contribution in [3.05, 3.63) is 62.3 Å². The first-order valence-electron chi connectivity index (χ1n) is 6.38. The van der Waals surface area contributed by atoms with E-state index in [1.165, 1.54) is 18.3 Å². The molecule has 0 bridgehead atoms. The minimum absolute atomic E-state index is 0.0752. The van der Waals surface area contributed by atoms with Crippen molar-refractivity contribution in [1.29, 1.82) is 0 Å². The number of hydrogen-bond donors (Lipinski definition) is 2. The summed E-state index contributed by atoms with van der Waals surface area (Å²) in [6, 6.07) is 8.17. The van der Waals surface area contributed by atoms with Gasteiger partial charge in [0.1, 0.15) is 12.0 Å². The van der Waals surface area contributed by atoms with E-state index in [2.05, 4.69) is 10.3 Å². The van der Waals surface area contributed by atoms with Gasteiger partial charge in [-0.15, -0.1) is 0 Å². The average Bonchev–Trinajstić information content (AvgIpc) is 2.42. The van der Waals surface area contributed by atoms with E-state index in [9.17, 15) is 10.1 Å². The minimum atomic E-state index is -0.805. The van der Waals surface area contributed by atoms with Gasteiger partial charge in [0.15, 0.2) is 0 Å². The van der Waals surface area contributed by atoms with Crippen molar-refractivity contribution in [2.45, 2.75) is 19.0 Å². The Hall–Kier alpha value is -1.89. The second-order valence-corrected chi connectivity index (χ2v) is 5.94. The fraction of sp³-hybridized carbons (Fsp3) is 0.214. The maximum absolute atomic E-state index is 10.6. The molecule has 2 aromatic rings. The number of halogens is 2. The van der Waals surface area contributed by atoms with Crippen molar-refractivity contribution >= 4 is 34.7 Å². The fourth-order valence-corrected chi connectivity index (χ4v) is 2.30. The number of pyridine rings is 1. The van der Waals surface area contributed by atoms with Crippen LogP contribution in [0.3, 0.4) is 0 Å². The molecule has 0 aliphatic carbocycles. The Kier molecular flexibility index (Phi) is 4.85. The van der Waals surface area contributed by atoms with E-state index in [0.717, 1.165) is 5.56 Å². The van der Waals surface area contributed by atoms with E-state index in [0.29, 0.717) is 22.3 Å². The third-order valence-corrected chi connectivity index (χ3v) is 3.67. The van der Waals surface area contributed by atoms with E-state index in [4.69, 9.17) is 28.9 Å². The molecule has 0 fully saturated rings. The number of benzene rings is 1. The molecule has 0 radical (unpaired) electrons. The van der Waals surface area contributed by atoms with Gasteiger partial charge in [-0.1, -0.05) is 29.3 Å². The average molecular weight is 341 g/mol. The molecule has 0 saturated carbocycles. The molecule has 0 amide bonds. The van der Waals surface area contributed by atoms with Crippen molar-refractivity contribution in [3.8, 4) is 0 Å². The summed E-state index contributed by atoms with van der Waals surface area (Å²) in [5.74, 6) is 0.454. The highest BCUT2D eigenvalue weighted by molar-refractivity contribution is 6.42. The topological polar surface area (TPSA) is 94.1 Å². The van der Waals surface area contributed by atoms with E-state index in [1.807, 2.05) is 6.07 Å². The third kappa shape index (κ3) is 4.30. The molecule has 0 spiro atoms. The molecule has 0 saturated heterocycles. The number of nitrogens with zero attached hydrogens (tertiary/aromatic N) is 2. The number of aromatic nitrogens is 1. The van der Waals surface area contributed by atoms with Gasteiger partial charge in [-0.2, -0.15) is 0 Å². The van der Waals surface area contributed by atoms with Gasteiger partial charge in [-0.25, -0.2) is 4.98 Å². The smallest absolute Gasteiger partial charge is 0.287 e. The highest BCUT2D eigenvalue weighted by atomic mass is 35.5. The largest absolute Gasteiger partial charge is 0.352 e. The van der Waals surface area contributed by atoms with Crippen LogP contribution in [-0.4, -0.2) is 15.6 Å². The molecule has 1 heterocycles. The predicted molar refractivity (Wildman–Crippen MR) is 87.3 cm³/mol. The molecule has 22 heavy (non-hydrogen) atoms. The summed E-state index contributed by atoms with van der Waals surface area (Å²) in [5, 5.41) is 14.6. The SMILES string of the molecule is CC(N)(Cc1ccc(Cl)c(Cl)c1)Nc1ccc([N+](=O)[O-])cn1. The molecule has 1 aromatic heterocycles. The van der Waals surface area contributed by atoms with Gasteiger partial charge < -0.3 is 11.1 Å². The lowest BCUT2D eigenvalue weighted by Crippen LogP contribution is -2.46. The summed E-state index contributed by atoms with van der Waals surface area (Å²) in [7, 11) is 0. The standard InChI is InChI=1S/C14H14Cl2N4O2/c1-14(17,7-9-2-4-11(15)12(16)6-9)19-13-5-3-10(8-18-13)20(21)22/h2-6,8H,7,17H2,1H3,(H,18,19).